The number of ether oxygens (including phenoxy) is 1. The molecule has 0 heterocycles. The minimum absolute atomic E-state index is 0.736. The molecule has 1 fully saturated rings. The van der Waals surface area contributed by atoms with E-state index in [0.717, 1.165) is 18.3 Å². The van der Waals surface area contributed by atoms with Gasteiger partial charge in [-0.05, 0) is 49.6 Å². The van der Waals surface area contributed by atoms with Crippen molar-refractivity contribution in [3.8, 4) is 5.75 Å². The second-order valence-corrected chi connectivity index (χ2v) is 6.66. The van der Waals surface area contributed by atoms with Crippen LogP contribution in [-0.2, 0) is 6.54 Å². The minimum atomic E-state index is 0.736. The number of nitrogens with one attached hydrogen (secondary N) is 1. The first kappa shape index (κ1) is 14.5. The van der Waals surface area contributed by atoms with Gasteiger partial charge in [-0.25, -0.2) is 0 Å². The summed E-state index contributed by atoms with van der Waals surface area (Å²) in [7, 11) is 1.71. The van der Waals surface area contributed by atoms with Crippen LogP contribution < -0.4 is 10.1 Å². The Balaban J connectivity index is 1.79. The Labute approximate surface area is 130 Å². The minimum Gasteiger partial charge on any atom is -0.497 e. The highest BCUT2D eigenvalue weighted by atomic mass is 32.2. The molecule has 21 heavy (non-hydrogen) atoms. The van der Waals surface area contributed by atoms with Crippen LogP contribution in [0.4, 0.5) is 0 Å². The molecule has 0 unspecified atom stereocenters. The Morgan fingerprint density at radius 3 is 2.81 bits per heavy atom. The molecule has 3 heteroatoms. The molecular weight excluding hydrogens is 278 g/mol. The average Bonchev–Trinajstić information content (AvgIpc) is 3.32. The van der Waals surface area contributed by atoms with E-state index in [2.05, 4.69) is 42.6 Å². The van der Waals surface area contributed by atoms with Gasteiger partial charge in [-0.3, -0.25) is 0 Å². The van der Waals surface area contributed by atoms with Crippen LogP contribution in [0.15, 0.2) is 52.3 Å². The summed E-state index contributed by atoms with van der Waals surface area (Å²) in [6.45, 7) is 3.11. The molecule has 1 saturated carbocycles. The Kier molecular flexibility index (Phi) is 4.51. The van der Waals surface area contributed by atoms with Crippen LogP contribution in [0, 0.1) is 6.92 Å². The predicted molar refractivity (Wildman–Crippen MR) is 88.2 cm³/mol. The van der Waals surface area contributed by atoms with Crippen molar-refractivity contribution < 1.29 is 4.74 Å². The zero-order valence-electron chi connectivity index (χ0n) is 12.6. The molecule has 0 bridgehead atoms. The van der Waals surface area contributed by atoms with Crippen molar-refractivity contribution in [2.45, 2.75) is 42.1 Å². The van der Waals surface area contributed by atoms with E-state index < -0.39 is 0 Å². The fourth-order valence-electron chi connectivity index (χ4n) is 2.28. The van der Waals surface area contributed by atoms with E-state index in [0.29, 0.717) is 0 Å². The largest absolute Gasteiger partial charge is 0.497 e. The van der Waals surface area contributed by atoms with Gasteiger partial charge in [0.1, 0.15) is 5.75 Å². The second-order valence-electron chi connectivity index (χ2n) is 5.55. The number of rotatable bonds is 6. The smallest absolute Gasteiger partial charge is 0.119 e. The van der Waals surface area contributed by atoms with Gasteiger partial charge < -0.3 is 10.1 Å². The van der Waals surface area contributed by atoms with E-state index in [9.17, 15) is 0 Å². The molecule has 3 rings (SSSR count). The van der Waals surface area contributed by atoms with Crippen LogP contribution in [0.25, 0.3) is 0 Å². The summed E-state index contributed by atoms with van der Waals surface area (Å²) in [6, 6.07) is 15.7. The molecule has 0 radical (unpaired) electrons. The van der Waals surface area contributed by atoms with Gasteiger partial charge in [-0.2, -0.15) is 0 Å². The van der Waals surface area contributed by atoms with Crippen LogP contribution in [0.1, 0.15) is 24.0 Å². The first-order valence-electron chi connectivity index (χ1n) is 7.39. The molecule has 1 aliphatic rings. The fraction of sp³-hybridized carbons (Fsp3) is 0.333. The number of aryl methyl sites for hydroxylation is 1. The van der Waals surface area contributed by atoms with Gasteiger partial charge in [0.05, 0.1) is 7.11 Å². The molecule has 0 amide bonds. The Morgan fingerprint density at radius 2 is 2.05 bits per heavy atom. The van der Waals surface area contributed by atoms with Crippen molar-refractivity contribution in [2.24, 2.45) is 0 Å². The van der Waals surface area contributed by atoms with Crippen molar-refractivity contribution in [1.82, 2.24) is 5.32 Å². The Bertz CT molecular complexity index is 622. The van der Waals surface area contributed by atoms with Crippen molar-refractivity contribution in [2.75, 3.05) is 7.11 Å². The lowest BCUT2D eigenvalue weighted by molar-refractivity contribution is 0.413. The molecule has 1 N–H and O–H groups in total. The standard InChI is InChI=1S/C18H21NOS/c1-13-6-9-18(14(10-13)12-19-15-7-8-15)21-17-5-3-4-16(11-17)20-2/h3-6,9-11,15,19H,7-8,12H2,1-2H3. The maximum atomic E-state index is 5.30. The number of benzene rings is 2. The third-order valence-corrected chi connectivity index (χ3v) is 4.75. The monoisotopic (exact) mass is 299 g/mol. The predicted octanol–water partition coefficient (Wildman–Crippen LogP) is 4.41. The molecule has 0 atom stereocenters. The van der Waals surface area contributed by atoms with Crippen LogP contribution in [0.3, 0.4) is 0 Å². The SMILES string of the molecule is COc1cccc(Sc2ccc(C)cc2CNC2CC2)c1. The summed E-state index contributed by atoms with van der Waals surface area (Å²) in [4.78, 5) is 2.54. The highest BCUT2D eigenvalue weighted by Crippen LogP contribution is 2.33. The molecule has 2 nitrogen and oxygen atoms in total. The molecule has 0 aliphatic heterocycles. The van der Waals surface area contributed by atoms with Gasteiger partial charge in [0.15, 0.2) is 0 Å². The maximum absolute atomic E-state index is 5.30. The summed E-state index contributed by atoms with van der Waals surface area (Å²) in [5.41, 5.74) is 2.70. The second kappa shape index (κ2) is 6.54. The lowest BCUT2D eigenvalue weighted by atomic mass is 10.1. The normalized spacial score (nSPS) is 14.2. The molecule has 0 spiro atoms. The first-order valence-corrected chi connectivity index (χ1v) is 8.21. The van der Waals surface area contributed by atoms with Gasteiger partial charge in [0.25, 0.3) is 0 Å². The molecule has 0 saturated heterocycles. The lowest BCUT2D eigenvalue weighted by Gasteiger charge is -2.12. The Hall–Kier alpha value is -1.45. The Morgan fingerprint density at radius 1 is 1.19 bits per heavy atom. The summed E-state index contributed by atoms with van der Waals surface area (Å²) in [5, 5.41) is 3.61. The van der Waals surface area contributed by atoms with E-state index in [1.807, 2.05) is 12.1 Å². The van der Waals surface area contributed by atoms with Crippen molar-refractivity contribution >= 4 is 11.8 Å². The lowest BCUT2D eigenvalue weighted by Crippen LogP contribution is -2.15. The van der Waals surface area contributed by atoms with Crippen molar-refractivity contribution in [1.29, 1.82) is 0 Å². The average molecular weight is 299 g/mol. The quantitative estimate of drug-likeness (QED) is 0.854. The van der Waals surface area contributed by atoms with Gasteiger partial charge in [-0.15, -0.1) is 0 Å². The van der Waals surface area contributed by atoms with E-state index in [-0.39, 0.29) is 0 Å². The number of hydrogen-bond donors (Lipinski definition) is 1. The van der Waals surface area contributed by atoms with Gasteiger partial charge in [-0.1, -0.05) is 35.5 Å². The van der Waals surface area contributed by atoms with Crippen LogP contribution in [0.2, 0.25) is 0 Å². The van der Waals surface area contributed by atoms with Gasteiger partial charge >= 0.3 is 0 Å². The molecule has 2 aromatic carbocycles. The van der Waals surface area contributed by atoms with E-state index in [4.69, 9.17) is 4.74 Å². The third kappa shape index (κ3) is 4.02. The molecular formula is C18H21NOS. The summed E-state index contributed by atoms with van der Waals surface area (Å²) in [6.07, 6.45) is 2.65. The zero-order valence-corrected chi connectivity index (χ0v) is 13.4. The number of methoxy groups -OCH3 is 1. The molecule has 110 valence electrons. The van der Waals surface area contributed by atoms with Crippen LogP contribution in [0.5, 0.6) is 5.75 Å². The fourth-order valence-corrected chi connectivity index (χ4v) is 3.25. The van der Waals surface area contributed by atoms with Crippen molar-refractivity contribution in [3.63, 3.8) is 0 Å². The van der Waals surface area contributed by atoms with Crippen LogP contribution in [-0.4, -0.2) is 13.2 Å². The summed E-state index contributed by atoms with van der Waals surface area (Å²) >= 11 is 1.80. The molecule has 1 aliphatic carbocycles. The zero-order chi connectivity index (χ0) is 14.7. The molecule has 2 aromatic rings. The maximum Gasteiger partial charge on any atom is 0.119 e. The van der Waals surface area contributed by atoms with E-state index >= 15 is 0 Å². The topological polar surface area (TPSA) is 21.3 Å². The highest BCUT2D eigenvalue weighted by molar-refractivity contribution is 7.99. The summed E-state index contributed by atoms with van der Waals surface area (Å²) in [5.74, 6) is 0.907. The molecule has 0 aromatic heterocycles. The van der Waals surface area contributed by atoms with Gasteiger partial charge in [0, 0.05) is 22.4 Å². The van der Waals surface area contributed by atoms with Crippen molar-refractivity contribution in [3.05, 3.63) is 53.6 Å². The van der Waals surface area contributed by atoms with E-state index in [1.54, 1.807) is 18.9 Å². The summed E-state index contributed by atoms with van der Waals surface area (Å²) < 4.78 is 5.30. The first-order chi connectivity index (χ1) is 10.2. The highest BCUT2D eigenvalue weighted by Gasteiger charge is 2.20. The number of hydrogen-bond acceptors (Lipinski definition) is 3. The van der Waals surface area contributed by atoms with Gasteiger partial charge in [0.2, 0.25) is 0 Å². The van der Waals surface area contributed by atoms with E-state index in [1.165, 1.54) is 33.8 Å². The third-order valence-electron chi connectivity index (χ3n) is 3.64. The van der Waals surface area contributed by atoms with Crippen LogP contribution >= 0.6 is 11.8 Å².